The summed E-state index contributed by atoms with van der Waals surface area (Å²) in [5.74, 6) is 0.415. The van der Waals surface area contributed by atoms with Crippen LogP contribution in [-0.4, -0.2) is 10.9 Å². The maximum absolute atomic E-state index is 12.3. The van der Waals surface area contributed by atoms with Crippen LogP contribution < -0.4 is 5.32 Å². The van der Waals surface area contributed by atoms with Crippen molar-refractivity contribution in [1.29, 1.82) is 0 Å². The molecule has 0 saturated carbocycles. The molecule has 4 nitrogen and oxygen atoms in total. The Morgan fingerprint density at radius 3 is 2.68 bits per heavy atom. The molecule has 2 aromatic carbocycles. The fourth-order valence-electron chi connectivity index (χ4n) is 2.24. The Balaban J connectivity index is 1.85. The SMILES string of the molecule is C/C(=C\c1ccccc1)C(=O)Nc1cccc2nc(C)oc12. The Labute approximate surface area is 128 Å². The highest BCUT2D eigenvalue weighted by atomic mass is 16.3. The summed E-state index contributed by atoms with van der Waals surface area (Å²) < 4.78 is 5.55. The van der Waals surface area contributed by atoms with Gasteiger partial charge in [0.05, 0.1) is 5.69 Å². The van der Waals surface area contributed by atoms with Crippen LogP contribution in [0.25, 0.3) is 17.2 Å². The number of hydrogen-bond acceptors (Lipinski definition) is 3. The smallest absolute Gasteiger partial charge is 0.251 e. The molecule has 22 heavy (non-hydrogen) atoms. The van der Waals surface area contributed by atoms with Crippen molar-refractivity contribution < 1.29 is 9.21 Å². The average Bonchev–Trinajstić information content (AvgIpc) is 2.89. The van der Waals surface area contributed by atoms with E-state index in [1.54, 1.807) is 19.9 Å². The monoisotopic (exact) mass is 292 g/mol. The molecule has 0 aliphatic heterocycles. The molecule has 1 amide bonds. The van der Waals surface area contributed by atoms with E-state index in [9.17, 15) is 4.79 Å². The van der Waals surface area contributed by atoms with Crippen molar-refractivity contribution in [2.45, 2.75) is 13.8 Å². The highest BCUT2D eigenvalue weighted by molar-refractivity contribution is 6.09. The van der Waals surface area contributed by atoms with Crippen molar-refractivity contribution in [3.63, 3.8) is 0 Å². The quantitative estimate of drug-likeness (QED) is 0.737. The van der Waals surface area contributed by atoms with E-state index >= 15 is 0 Å². The molecule has 0 bridgehead atoms. The summed E-state index contributed by atoms with van der Waals surface area (Å²) in [7, 11) is 0. The van der Waals surface area contributed by atoms with E-state index in [4.69, 9.17) is 4.42 Å². The maximum atomic E-state index is 12.3. The molecule has 4 heteroatoms. The van der Waals surface area contributed by atoms with E-state index in [0.717, 1.165) is 11.1 Å². The van der Waals surface area contributed by atoms with Crippen molar-refractivity contribution in [2.75, 3.05) is 5.32 Å². The molecule has 0 radical (unpaired) electrons. The van der Waals surface area contributed by atoms with Crippen LogP contribution in [0.5, 0.6) is 0 Å². The van der Waals surface area contributed by atoms with Crippen LogP contribution in [0.3, 0.4) is 0 Å². The molecule has 0 atom stereocenters. The molecule has 3 rings (SSSR count). The predicted octanol–water partition coefficient (Wildman–Crippen LogP) is 4.18. The van der Waals surface area contributed by atoms with Crippen molar-refractivity contribution >= 4 is 28.8 Å². The van der Waals surface area contributed by atoms with Gasteiger partial charge in [0.1, 0.15) is 5.52 Å². The van der Waals surface area contributed by atoms with Gasteiger partial charge in [0.25, 0.3) is 5.91 Å². The lowest BCUT2D eigenvalue weighted by atomic mass is 10.1. The Morgan fingerprint density at radius 2 is 1.91 bits per heavy atom. The van der Waals surface area contributed by atoms with Gasteiger partial charge in [-0.15, -0.1) is 0 Å². The molecule has 1 heterocycles. The summed E-state index contributed by atoms with van der Waals surface area (Å²) in [4.78, 5) is 16.6. The largest absolute Gasteiger partial charge is 0.439 e. The topological polar surface area (TPSA) is 55.1 Å². The molecule has 0 fully saturated rings. The zero-order chi connectivity index (χ0) is 15.5. The highest BCUT2D eigenvalue weighted by Crippen LogP contribution is 2.24. The molecular weight excluding hydrogens is 276 g/mol. The number of amides is 1. The first-order chi connectivity index (χ1) is 10.6. The van der Waals surface area contributed by atoms with Crippen molar-refractivity contribution in [3.8, 4) is 0 Å². The third-order valence-electron chi connectivity index (χ3n) is 3.31. The first kappa shape index (κ1) is 14.1. The van der Waals surface area contributed by atoms with Crippen molar-refractivity contribution in [2.24, 2.45) is 0 Å². The highest BCUT2D eigenvalue weighted by Gasteiger charge is 2.11. The van der Waals surface area contributed by atoms with Gasteiger partial charge in [-0.2, -0.15) is 0 Å². The molecule has 110 valence electrons. The average molecular weight is 292 g/mol. The van der Waals surface area contributed by atoms with E-state index in [1.807, 2.05) is 48.5 Å². The second-order valence-electron chi connectivity index (χ2n) is 5.08. The molecule has 1 N–H and O–H groups in total. The van der Waals surface area contributed by atoms with Gasteiger partial charge in [0, 0.05) is 12.5 Å². The summed E-state index contributed by atoms with van der Waals surface area (Å²) in [5.41, 5.74) is 3.58. The number of nitrogens with one attached hydrogen (secondary N) is 1. The van der Waals surface area contributed by atoms with Crippen molar-refractivity contribution in [1.82, 2.24) is 4.98 Å². The number of aryl methyl sites for hydroxylation is 1. The van der Waals surface area contributed by atoms with Gasteiger partial charge in [-0.3, -0.25) is 4.79 Å². The van der Waals surface area contributed by atoms with E-state index in [0.29, 0.717) is 22.7 Å². The second-order valence-corrected chi connectivity index (χ2v) is 5.08. The van der Waals surface area contributed by atoms with Crippen LogP contribution in [-0.2, 0) is 4.79 Å². The van der Waals surface area contributed by atoms with Crippen LogP contribution in [0, 0.1) is 6.92 Å². The number of rotatable bonds is 3. The Bertz CT molecular complexity index is 848. The second kappa shape index (κ2) is 5.85. The standard InChI is InChI=1S/C18H16N2O2/c1-12(11-14-7-4-3-5-8-14)18(21)20-16-10-6-9-15-17(16)22-13(2)19-15/h3-11H,1-2H3,(H,20,21)/b12-11+. The van der Waals surface area contributed by atoms with Gasteiger partial charge in [0.15, 0.2) is 11.5 Å². The zero-order valence-electron chi connectivity index (χ0n) is 12.5. The molecule has 0 aliphatic rings. The summed E-state index contributed by atoms with van der Waals surface area (Å²) >= 11 is 0. The number of hydrogen-bond donors (Lipinski definition) is 1. The van der Waals surface area contributed by atoms with Gasteiger partial charge >= 0.3 is 0 Å². The van der Waals surface area contributed by atoms with Gasteiger partial charge < -0.3 is 9.73 Å². The summed E-state index contributed by atoms with van der Waals surface area (Å²) in [6.07, 6.45) is 1.85. The molecule has 0 unspecified atom stereocenters. The Morgan fingerprint density at radius 1 is 1.14 bits per heavy atom. The minimum Gasteiger partial charge on any atom is -0.439 e. The number of carbonyl (C=O) groups is 1. The summed E-state index contributed by atoms with van der Waals surface area (Å²) in [5, 5.41) is 2.88. The van der Waals surface area contributed by atoms with E-state index in [2.05, 4.69) is 10.3 Å². The first-order valence-corrected chi connectivity index (χ1v) is 7.04. The van der Waals surface area contributed by atoms with Gasteiger partial charge in [-0.05, 0) is 30.7 Å². The number of benzene rings is 2. The number of oxazole rings is 1. The predicted molar refractivity (Wildman–Crippen MR) is 87.5 cm³/mol. The zero-order valence-corrected chi connectivity index (χ0v) is 12.5. The minimum absolute atomic E-state index is 0.162. The first-order valence-electron chi connectivity index (χ1n) is 7.04. The maximum Gasteiger partial charge on any atom is 0.251 e. The van der Waals surface area contributed by atoms with Crippen LogP contribution in [0.4, 0.5) is 5.69 Å². The number of anilines is 1. The summed E-state index contributed by atoms with van der Waals surface area (Å²) in [6.45, 7) is 3.57. The third kappa shape index (κ3) is 2.91. The third-order valence-corrected chi connectivity index (χ3v) is 3.31. The van der Waals surface area contributed by atoms with Gasteiger partial charge in [0.2, 0.25) is 0 Å². The fourth-order valence-corrected chi connectivity index (χ4v) is 2.24. The summed E-state index contributed by atoms with van der Waals surface area (Å²) in [6, 6.07) is 15.2. The fraction of sp³-hybridized carbons (Fsp3) is 0.111. The van der Waals surface area contributed by atoms with Gasteiger partial charge in [-0.1, -0.05) is 36.4 Å². The number of aromatic nitrogens is 1. The molecular formula is C18H16N2O2. The van der Waals surface area contributed by atoms with Crippen molar-refractivity contribution in [3.05, 3.63) is 65.6 Å². The molecule has 0 saturated heterocycles. The van der Waals surface area contributed by atoms with E-state index < -0.39 is 0 Å². The Hall–Kier alpha value is -2.88. The van der Waals surface area contributed by atoms with Crippen LogP contribution >= 0.6 is 0 Å². The molecule has 3 aromatic rings. The lowest BCUT2D eigenvalue weighted by Gasteiger charge is -2.05. The van der Waals surface area contributed by atoms with Gasteiger partial charge in [-0.25, -0.2) is 4.98 Å². The van der Waals surface area contributed by atoms with Crippen LogP contribution in [0.2, 0.25) is 0 Å². The number of carbonyl (C=O) groups excluding carboxylic acids is 1. The number of para-hydroxylation sites is 1. The molecule has 1 aromatic heterocycles. The normalized spacial score (nSPS) is 11.6. The number of nitrogens with zero attached hydrogens (tertiary/aromatic N) is 1. The molecule has 0 spiro atoms. The molecule has 0 aliphatic carbocycles. The van der Waals surface area contributed by atoms with E-state index in [-0.39, 0.29) is 5.91 Å². The lowest BCUT2D eigenvalue weighted by molar-refractivity contribution is -0.112. The van der Waals surface area contributed by atoms with E-state index in [1.165, 1.54) is 0 Å². The lowest BCUT2D eigenvalue weighted by Crippen LogP contribution is -2.12. The number of fused-ring (bicyclic) bond motifs is 1. The van der Waals surface area contributed by atoms with Crippen LogP contribution in [0.15, 0.2) is 58.5 Å². The van der Waals surface area contributed by atoms with Crippen LogP contribution in [0.1, 0.15) is 18.4 Å². The Kier molecular flexibility index (Phi) is 3.74. The minimum atomic E-state index is -0.162.